The van der Waals surface area contributed by atoms with Crippen LogP contribution in [0.15, 0.2) is 0 Å². The molecule has 0 unspecified atom stereocenters. The molecule has 3 N–H and O–H groups in total. The minimum atomic E-state index is -0.650. The fraction of sp³-hybridized carbons (Fsp3) is 0.978. The summed E-state index contributed by atoms with van der Waals surface area (Å²) in [6, 6.07) is 0. The molecule has 308 valence electrons. The number of aliphatic hydroxyl groups excluding tert-OH is 2. The molecule has 0 aliphatic rings. The molecule has 51 heavy (non-hydrogen) atoms. The molecule has 5 heteroatoms. The van der Waals surface area contributed by atoms with Crippen molar-refractivity contribution in [3.8, 4) is 0 Å². The third kappa shape index (κ3) is 51.5. The van der Waals surface area contributed by atoms with Crippen molar-refractivity contribution < 1.29 is 20.1 Å². The highest BCUT2D eigenvalue weighted by atomic mass is 16.4. The molecular weight excluding hydrogens is 631 g/mol. The number of aliphatic hydroxyl groups is 2. The van der Waals surface area contributed by atoms with Crippen LogP contribution in [0.4, 0.5) is 0 Å². The molecule has 0 aromatic rings. The van der Waals surface area contributed by atoms with Crippen LogP contribution in [0.25, 0.3) is 0 Å². The summed E-state index contributed by atoms with van der Waals surface area (Å²) in [5.74, 6) is -0.650. The summed E-state index contributed by atoms with van der Waals surface area (Å²) < 4.78 is 0. The summed E-state index contributed by atoms with van der Waals surface area (Å²) >= 11 is 0. The lowest BCUT2D eigenvalue weighted by Gasteiger charge is -2.19. The molecule has 0 aromatic heterocycles. The minimum absolute atomic E-state index is 0.193. The Morgan fingerprint density at radius 1 is 0.333 bits per heavy atom. The van der Waals surface area contributed by atoms with Gasteiger partial charge in [-0.15, -0.1) is 0 Å². The van der Waals surface area contributed by atoms with Gasteiger partial charge in [-0.05, 0) is 19.4 Å². The van der Waals surface area contributed by atoms with Gasteiger partial charge in [0.2, 0.25) is 0 Å². The second kappa shape index (κ2) is 49.4. The van der Waals surface area contributed by atoms with Crippen LogP contribution in [0.1, 0.15) is 258 Å². The molecule has 0 aromatic carbocycles. The first-order valence-electron chi connectivity index (χ1n) is 23.3. The number of carboxylic acid groups (broad SMARTS) is 1. The van der Waals surface area contributed by atoms with Gasteiger partial charge in [0.05, 0.1) is 13.2 Å². The topological polar surface area (TPSA) is 81.0 Å². The Hall–Kier alpha value is -0.650. The number of carboxylic acids is 1. The monoisotopic (exact) mass is 726 g/mol. The molecule has 0 rings (SSSR count). The lowest BCUT2D eigenvalue weighted by atomic mass is 10.0. The summed E-state index contributed by atoms with van der Waals surface area (Å²) in [6.07, 6.45) is 51.4. The molecule has 0 aliphatic carbocycles. The van der Waals surface area contributed by atoms with E-state index >= 15 is 0 Å². The van der Waals surface area contributed by atoms with Crippen molar-refractivity contribution >= 4 is 5.97 Å². The van der Waals surface area contributed by atoms with Gasteiger partial charge >= 0.3 is 5.97 Å². The van der Waals surface area contributed by atoms with Gasteiger partial charge < -0.3 is 15.3 Å². The quantitative estimate of drug-likeness (QED) is 0.0545. The van der Waals surface area contributed by atoms with Crippen molar-refractivity contribution in [1.82, 2.24) is 4.90 Å². The van der Waals surface area contributed by atoms with Crippen LogP contribution >= 0.6 is 0 Å². The van der Waals surface area contributed by atoms with Crippen molar-refractivity contribution in [2.24, 2.45) is 0 Å². The third-order valence-electron chi connectivity index (χ3n) is 10.7. The van der Waals surface area contributed by atoms with Crippen LogP contribution in [0.3, 0.4) is 0 Å². The molecule has 0 aliphatic heterocycles. The average Bonchev–Trinajstić information content (AvgIpc) is 3.12. The molecule has 0 atom stereocenters. The fourth-order valence-corrected chi connectivity index (χ4v) is 7.21. The van der Waals surface area contributed by atoms with E-state index in [0.29, 0.717) is 19.5 Å². The van der Waals surface area contributed by atoms with Crippen molar-refractivity contribution in [3.63, 3.8) is 0 Å². The third-order valence-corrected chi connectivity index (χ3v) is 10.7. The molecule has 0 radical (unpaired) electrons. The molecule has 0 amide bonds. The Morgan fingerprint density at radius 3 is 0.765 bits per heavy atom. The molecule has 0 saturated heterocycles. The number of carbonyl (C=O) groups is 1. The zero-order valence-electron chi connectivity index (χ0n) is 35.1. The van der Waals surface area contributed by atoms with E-state index in [4.69, 9.17) is 15.3 Å². The maximum atomic E-state index is 10.4. The van der Waals surface area contributed by atoms with Gasteiger partial charge in [-0.2, -0.15) is 0 Å². The van der Waals surface area contributed by atoms with Crippen LogP contribution in [-0.2, 0) is 4.79 Å². The molecule has 0 heterocycles. The van der Waals surface area contributed by atoms with Crippen molar-refractivity contribution in [2.75, 3.05) is 32.8 Å². The van der Waals surface area contributed by atoms with E-state index in [1.165, 1.54) is 225 Å². The zero-order valence-corrected chi connectivity index (χ0v) is 35.1. The van der Waals surface area contributed by atoms with E-state index in [0.717, 1.165) is 19.4 Å². The standard InChI is InChI=1S/C24H48O2.C22H47NO2/c1-2-3-4-5-6-7-8-9-10-11-12-13-14-15-16-17-18-19-20-21-22-23-24(25)26;1-2-3-4-5-6-7-8-9-10-11-12-13-14-15-16-17-18-23(19-21-24)20-22-25/h2-23H2,1H3,(H,25,26);24-25H,2-22H2,1H3. The lowest BCUT2D eigenvalue weighted by Crippen LogP contribution is -2.30. The average molecular weight is 726 g/mol. The predicted octanol–water partition coefficient (Wildman–Crippen LogP) is 14.2. The van der Waals surface area contributed by atoms with E-state index in [1.807, 2.05) is 0 Å². The van der Waals surface area contributed by atoms with Crippen molar-refractivity contribution in [2.45, 2.75) is 258 Å². The minimum Gasteiger partial charge on any atom is -0.481 e. The summed E-state index contributed by atoms with van der Waals surface area (Å²) in [6.45, 7) is 7.36. The summed E-state index contributed by atoms with van der Waals surface area (Å²) in [4.78, 5) is 12.6. The summed E-state index contributed by atoms with van der Waals surface area (Å²) in [7, 11) is 0. The van der Waals surface area contributed by atoms with E-state index in [-0.39, 0.29) is 13.2 Å². The van der Waals surface area contributed by atoms with Gasteiger partial charge in [0, 0.05) is 19.5 Å². The Balaban J connectivity index is 0. The smallest absolute Gasteiger partial charge is 0.303 e. The van der Waals surface area contributed by atoms with Gasteiger partial charge in [-0.25, -0.2) is 0 Å². The molecule has 0 bridgehead atoms. The first-order chi connectivity index (χ1) is 25.1. The van der Waals surface area contributed by atoms with Crippen LogP contribution in [0, 0.1) is 0 Å². The van der Waals surface area contributed by atoms with E-state index in [9.17, 15) is 4.79 Å². The predicted molar refractivity (Wildman–Crippen MR) is 225 cm³/mol. The first-order valence-corrected chi connectivity index (χ1v) is 23.3. The highest BCUT2D eigenvalue weighted by molar-refractivity contribution is 5.66. The van der Waals surface area contributed by atoms with Crippen molar-refractivity contribution in [3.05, 3.63) is 0 Å². The Labute approximate surface area is 320 Å². The van der Waals surface area contributed by atoms with E-state index < -0.39 is 5.97 Å². The number of hydrogen-bond donors (Lipinski definition) is 3. The SMILES string of the molecule is CCCCCCCCCCCCCCCCCCCCCCCC(=O)O.CCCCCCCCCCCCCCCCCCN(CCO)CCO. The number of hydrogen-bond acceptors (Lipinski definition) is 4. The second-order valence-electron chi connectivity index (χ2n) is 15.8. The Bertz CT molecular complexity index is 610. The normalized spacial score (nSPS) is 11.3. The van der Waals surface area contributed by atoms with E-state index in [2.05, 4.69) is 18.7 Å². The summed E-state index contributed by atoms with van der Waals surface area (Å²) in [5.41, 5.74) is 0. The fourth-order valence-electron chi connectivity index (χ4n) is 7.21. The number of aliphatic carboxylic acids is 1. The zero-order chi connectivity index (χ0) is 37.6. The van der Waals surface area contributed by atoms with Crippen LogP contribution < -0.4 is 0 Å². The van der Waals surface area contributed by atoms with Crippen LogP contribution in [-0.4, -0.2) is 59.0 Å². The van der Waals surface area contributed by atoms with Gasteiger partial charge in [-0.1, -0.05) is 239 Å². The van der Waals surface area contributed by atoms with Gasteiger partial charge in [-0.3, -0.25) is 9.69 Å². The highest BCUT2D eigenvalue weighted by Crippen LogP contribution is 2.16. The maximum Gasteiger partial charge on any atom is 0.303 e. The van der Waals surface area contributed by atoms with Crippen molar-refractivity contribution in [1.29, 1.82) is 0 Å². The first kappa shape index (κ1) is 52.5. The van der Waals surface area contributed by atoms with E-state index in [1.54, 1.807) is 0 Å². The maximum absolute atomic E-state index is 10.4. The number of unbranched alkanes of at least 4 members (excludes halogenated alkanes) is 35. The largest absolute Gasteiger partial charge is 0.481 e. The molecule has 0 fully saturated rings. The summed E-state index contributed by atoms with van der Waals surface area (Å²) in [5, 5.41) is 26.5. The number of nitrogens with zero attached hydrogens (tertiary/aromatic N) is 1. The Kier molecular flexibility index (Phi) is 50.8. The van der Waals surface area contributed by atoms with Gasteiger partial charge in [0.15, 0.2) is 0 Å². The Morgan fingerprint density at radius 2 is 0.549 bits per heavy atom. The van der Waals surface area contributed by atoms with Crippen LogP contribution in [0.2, 0.25) is 0 Å². The molecule has 0 saturated carbocycles. The highest BCUT2D eigenvalue weighted by Gasteiger charge is 2.03. The molecule has 5 nitrogen and oxygen atoms in total. The molecule has 0 spiro atoms. The van der Waals surface area contributed by atoms with Gasteiger partial charge in [0.1, 0.15) is 0 Å². The molecular formula is C46H95NO4. The second-order valence-corrected chi connectivity index (χ2v) is 15.8. The van der Waals surface area contributed by atoms with Crippen LogP contribution in [0.5, 0.6) is 0 Å². The lowest BCUT2D eigenvalue weighted by molar-refractivity contribution is -0.137. The van der Waals surface area contributed by atoms with Gasteiger partial charge in [0.25, 0.3) is 0 Å². The number of rotatable bonds is 43.